The molecule has 40 heavy (non-hydrogen) atoms. The van der Waals surface area contributed by atoms with Gasteiger partial charge in [-0.05, 0) is 36.3 Å². The Morgan fingerprint density at radius 1 is 1.27 bits per heavy atom. The molecule has 1 aliphatic carbocycles. The maximum absolute atomic E-state index is 15.2. The number of hydrogen-bond acceptors (Lipinski definition) is 7. The van der Waals surface area contributed by atoms with E-state index < -0.39 is 17.4 Å². The van der Waals surface area contributed by atoms with E-state index >= 15 is 4.39 Å². The fourth-order valence-corrected chi connectivity index (χ4v) is 6.46. The summed E-state index contributed by atoms with van der Waals surface area (Å²) < 4.78 is 27.3. The smallest absolute Gasteiger partial charge is 0.343 e. The number of esters is 1. The number of hydrogen-bond donors (Lipinski definition) is 2. The highest BCUT2D eigenvalue weighted by molar-refractivity contribution is 5.94. The number of cyclic esters (lactones) is 1. The molecular formula is C30H32FN3O6. The van der Waals surface area contributed by atoms with Crippen molar-refractivity contribution >= 4 is 22.8 Å². The number of nitrogens with one attached hydrogen (secondary N) is 1. The van der Waals surface area contributed by atoms with E-state index in [-0.39, 0.29) is 59.4 Å². The van der Waals surface area contributed by atoms with Crippen molar-refractivity contribution in [2.24, 2.45) is 5.41 Å². The minimum Gasteiger partial charge on any atom is -0.493 e. The Morgan fingerprint density at radius 3 is 2.70 bits per heavy atom. The quantitative estimate of drug-likeness (QED) is 0.372. The molecule has 2 atom stereocenters. The first kappa shape index (κ1) is 26.4. The fraction of sp³-hybridized carbons (Fsp3) is 0.467. The number of benzene rings is 1. The summed E-state index contributed by atoms with van der Waals surface area (Å²) in [5.41, 5.74) is 1.40. The van der Waals surface area contributed by atoms with Crippen molar-refractivity contribution in [1.82, 2.24) is 14.9 Å². The van der Waals surface area contributed by atoms with Crippen LogP contribution in [0.25, 0.3) is 22.3 Å². The van der Waals surface area contributed by atoms with Crippen molar-refractivity contribution < 1.29 is 28.6 Å². The second-order valence-electron chi connectivity index (χ2n) is 12.1. The van der Waals surface area contributed by atoms with Crippen molar-refractivity contribution in [3.63, 3.8) is 0 Å². The second kappa shape index (κ2) is 8.86. The maximum atomic E-state index is 15.2. The van der Waals surface area contributed by atoms with E-state index in [0.717, 1.165) is 16.5 Å². The van der Waals surface area contributed by atoms with Gasteiger partial charge in [-0.3, -0.25) is 9.59 Å². The van der Waals surface area contributed by atoms with Crippen LogP contribution < -0.4 is 15.6 Å². The van der Waals surface area contributed by atoms with Gasteiger partial charge in [-0.15, -0.1) is 0 Å². The molecule has 1 amide bonds. The van der Waals surface area contributed by atoms with Crippen molar-refractivity contribution in [1.29, 1.82) is 0 Å². The zero-order valence-corrected chi connectivity index (χ0v) is 23.2. The number of nitrogens with zero attached hydrogens (tertiary/aromatic N) is 2. The highest BCUT2D eigenvalue weighted by Crippen LogP contribution is 2.47. The number of pyridine rings is 2. The Kier molecular flexibility index (Phi) is 5.85. The van der Waals surface area contributed by atoms with E-state index in [9.17, 15) is 19.5 Å². The number of aryl methyl sites for hydroxylation is 1. The summed E-state index contributed by atoms with van der Waals surface area (Å²) in [6.45, 7) is 7.58. The lowest BCUT2D eigenvalue weighted by Gasteiger charge is -2.31. The van der Waals surface area contributed by atoms with Gasteiger partial charge in [0.25, 0.3) is 5.56 Å². The predicted octanol–water partition coefficient (Wildman–Crippen LogP) is 3.77. The van der Waals surface area contributed by atoms with Gasteiger partial charge in [-0.25, -0.2) is 14.2 Å². The molecular weight excluding hydrogens is 517 g/mol. The fourth-order valence-electron chi connectivity index (χ4n) is 6.46. The Balaban J connectivity index is 1.61. The minimum atomic E-state index is -1.95. The standard InChI is InChI=1S/C30H32FN3O6/c1-6-30(38)17-9-21-25-15(12-34(21)27(36)16(17)13-40-28(30)37)24-19(32-22(35)11-29(2,3)4)8-7-14-23(24)20(33-25)10-18(31)26(14)39-5/h9-10,19,38H,6-8,11-13H2,1-5H3,(H,32,35)/t19-,30-/m0/s1. The topological polar surface area (TPSA) is 120 Å². The number of carbonyl (C=O) groups excluding carboxylic acids is 2. The van der Waals surface area contributed by atoms with E-state index in [0.29, 0.717) is 41.7 Å². The molecule has 9 nitrogen and oxygen atoms in total. The number of methoxy groups -OCH3 is 1. The molecule has 210 valence electrons. The third-order valence-corrected chi connectivity index (χ3v) is 8.29. The monoisotopic (exact) mass is 549 g/mol. The SMILES string of the molecule is CC[C@@]1(O)C(=O)OCc2c1cc1n(c2=O)Cc2c-1nc1cc(F)c(OC)c3c1c2[C@@H](NC(=O)CC(C)(C)C)CC3. The van der Waals surface area contributed by atoms with Crippen LogP contribution in [0.15, 0.2) is 16.9 Å². The van der Waals surface area contributed by atoms with E-state index in [4.69, 9.17) is 14.5 Å². The lowest BCUT2D eigenvalue weighted by atomic mass is 9.82. The number of halogens is 1. The molecule has 2 aromatic heterocycles. The minimum absolute atomic E-state index is 0.0290. The van der Waals surface area contributed by atoms with Crippen LogP contribution in [-0.2, 0) is 39.5 Å². The van der Waals surface area contributed by atoms with Gasteiger partial charge >= 0.3 is 5.97 Å². The molecule has 0 fully saturated rings. The molecule has 0 saturated heterocycles. The number of amides is 1. The van der Waals surface area contributed by atoms with E-state index in [1.165, 1.54) is 13.2 Å². The van der Waals surface area contributed by atoms with Crippen molar-refractivity contribution in [3.8, 4) is 17.1 Å². The molecule has 6 rings (SSSR count). The van der Waals surface area contributed by atoms with Crippen LogP contribution in [0.2, 0.25) is 0 Å². The zero-order chi connectivity index (χ0) is 28.7. The summed E-state index contributed by atoms with van der Waals surface area (Å²) in [4.78, 5) is 44.2. The highest BCUT2D eigenvalue weighted by Gasteiger charge is 2.46. The summed E-state index contributed by atoms with van der Waals surface area (Å²) in [6, 6.07) is 2.57. The van der Waals surface area contributed by atoms with Crippen LogP contribution in [0.4, 0.5) is 4.39 Å². The van der Waals surface area contributed by atoms with E-state index in [1.807, 2.05) is 20.8 Å². The Hall–Kier alpha value is -3.79. The van der Waals surface area contributed by atoms with Gasteiger partial charge in [-0.2, -0.15) is 0 Å². The molecule has 2 aliphatic heterocycles. The summed E-state index contributed by atoms with van der Waals surface area (Å²) in [5, 5.41) is 15.1. The van der Waals surface area contributed by atoms with Crippen LogP contribution in [0, 0.1) is 11.2 Å². The largest absolute Gasteiger partial charge is 0.493 e. The Morgan fingerprint density at radius 2 is 2.02 bits per heavy atom. The van der Waals surface area contributed by atoms with Gasteiger partial charge < -0.3 is 24.5 Å². The van der Waals surface area contributed by atoms with Crippen LogP contribution in [0.3, 0.4) is 0 Å². The number of ether oxygens (including phenoxy) is 2. The molecule has 0 radical (unpaired) electrons. The van der Waals surface area contributed by atoms with Crippen molar-refractivity contribution in [2.75, 3.05) is 7.11 Å². The third kappa shape index (κ3) is 3.76. The molecule has 0 bridgehead atoms. The van der Waals surface area contributed by atoms with E-state index in [1.54, 1.807) is 17.6 Å². The third-order valence-electron chi connectivity index (χ3n) is 8.29. The lowest BCUT2D eigenvalue weighted by Crippen LogP contribution is -2.44. The lowest BCUT2D eigenvalue weighted by molar-refractivity contribution is -0.172. The van der Waals surface area contributed by atoms with Gasteiger partial charge in [0.15, 0.2) is 17.2 Å². The molecule has 3 aromatic rings. The first-order valence-corrected chi connectivity index (χ1v) is 13.6. The van der Waals surface area contributed by atoms with Crippen LogP contribution >= 0.6 is 0 Å². The van der Waals surface area contributed by atoms with Gasteiger partial charge in [0.1, 0.15) is 6.61 Å². The predicted molar refractivity (Wildman–Crippen MR) is 144 cm³/mol. The van der Waals surface area contributed by atoms with Crippen LogP contribution in [-0.4, -0.2) is 33.6 Å². The van der Waals surface area contributed by atoms with Gasteiger partial charge in [0, 0.05) is 34.6 Å². The van der Waals surface area contributed by atoms with Gasteiger partial charge in [0.05, 0.1) is 42.2 Å². The van der Waals surface area contributed by atoms with E-state index in [2.05, 4.69) is 5.32 Å². The molecule has 0 spiro atoms. The van der Waals surface area contributed by atoms with Gasteiger partial charge in [0.2, 0.25) is 5.91 Å². The second-order valence-corrected chi connectivity index (χ2v) is 12.1. The number of aliphatic hydroxyl groups is 1. The molecule has 10 heteroatoms. The van der Waals surface area contributed by atoms with Crippen molar-refractivity contribution in [2.45, 2.75) is 78.2 Å². The van der Waals surface area contributed by atoms with Crippen LogP contribution in [0.1, 0.15) is 80.8 Å². The maximum Gasteiger partial charge on any atom is 0.343 e. The Labute approximate surface area is 230 Å². The number of carbonyl (C=O) groups is 2. The molecule has 0 unspecified atom stereocenters. The molecule has 2 N–H and O–H groups in total. The number of rotatable bonds is 4. The molecule has 1 aromatic carbocycles. The highest BCUT2D eigenvalue weighted by atomic mass is 19.1. The Bertz CT molecular complexity index is 1690. The average Bonchev–Trinajstić information content (AvgIpc) is 3.25. The van der Waals surface area contributed by atoms with Crippen molar-refractivity contribution in [3.05, 3.63) is 56.1 Å². The summed E-state index contributed by atoms with van der Waals surface area (Å²) >= 11 is 0. The normalized spacial score (nSPS) is 21.0. The van der Waals surface area contributed by atoms with Gasteiger partial charge in [-0.1, -0.05) is 27.7 Å². The first-order valence-electron chi connectivity index (χ1n) is 13.6. The zero-order valence-electron chi connectivity index (χ0n) is 23.2. The molecule has 3 aliphatic rings. The number of fused-ring (bicyclic) bond motifs is 5. The summed E-state index contributed by atoms with van der Waals surface area (Å²) in [6.07, 6.45) is 1.36. The summed E-state index contributed by atoms with van der Waals surface area (Å²) in [5.74, 6) is -1.28. The molecule has 4 heterocycles. The number of aromatic nitrogens is 2. The first-order chi connectivity index (χ1) is 18.9. The molecule has 0 saturated carbocycles. The van der Waals surface area contributed by atoms with Crippen LogP contribution in [0.5, 0.6) is 5.75 Å². The summed E-state index contributed by atoms with van der Waals surface area (Å²) in [7, 11) is 1.43. The average molecular weight is 550 g/mol.